The summed E-state index contributed by atoms with van der Waals surface area (Å²) in [6, 6.07) is -0.362. The number of hydrogen-bond acceptors (Lipinski definition) is 5. The van der Waals surface area contributed by atoms with Gasteiger partial charge < -0.3 is 15.5 Å². The molecule has 1 aromatic heterocycles. The van der Waals surface area contributed by atoms with Gasteiger partial charge in [0.25, 0.3) is 0 Å². The minimum absolute atomic E-state index is 0.362. The molecular weight excluding hydrogens is 242 g/mol. The highest BCUT2D eigenvalue weighted by Crippen LogP contribution is 2.14. The van der Waals surface area contributed by atoms with Crippen LogP contribution in [0.4, 0.5) is 4.79 Å². The summed E-state index contributed by atoms with van der Waals surface area (Å²) in [5.41, 5.74) is 2.77. The Morgan fingerprint density at radius 1 is 1.71 bits per heavy atom. The summed E-state index contributed by atoms with van der Waals surface area (Å²) in [4.78, 5) is 16.8. The van der Waals surface area contributed by atoms with Crippen LogP contribution in [0.1, 0.15) is 12.1 Å². The van der Waals surface area contributed by atoms with E-state index in [1.807, 2.05) is 5.38 Å². The van der Waals surface area contributed by atoms with Gasteiger partial charge in [0.1, 0.15) is 0 Å². The van der Waals surface area contributed by atoms with Crippen LogP contribution in [-0.4, -0.2) is 51.4 Å². The normalized spacial score (nSPS) is 25.7. The lowest BCUT2D eigenvalue weighted by molar-refractivity contribution is 0.0370. The van der Waals surface area contributed by atoms with Crippen LogP contribution in [0.3, 0.4) is 0 Å². The second kappa shape index (κ2) is 5.44. The number of aromatic nitrogens is 1. The maximum Gasteiger partial charge on any atom is 0.404 e. The van der Waals surface area contributed by atoms with Crippen molar-refractivity contribution in [3.05, 3.63) is 16.6 Å². The fourth-order valence-electron chi connectivity index (χ4n) is 2.01. The summed E-state index contributed by atoms with van der Waals surface area (Å²) in [5.74, 6) is 0. The first-order valence-electron chi connectivity index (χ1n) is 5.42. The van der Waals surface area contributed by atoms with Crippen molar-refractivity contribution in [2.45, 2.75) is 25.1 Å². The van der Waals surface area contributed by atoms with Gasteiger partial charge in [-0.25, -0.2) is 9.78 Å². The number of likely N-dealkylation sites (tertiary alicyclic amines) is 1. The highest BCUT2D eigenvalue weighted by atomic mass is 32.1. The van der Waals surface area contributed by atoms with Crippen LogP contribution in [0.25, 0.3) is 0 Å². The number of hydrogen-bond donors (Lipinski definition) is 3. The Morgan fingerprint density at radius 3 is 3.12 bits per heavy atom. The van der Waals surface area contributed by atoms with E-state index >= 15 is 0 Å². The van der Waals surface area contributed by atoms with Gasteiger partial charge in [-0.2, -0.15) is 0 Å². The molecule has 2 rings (SSSR count). The zero-order valence-electron chi connectivity index (χ0n) is 9.24. The number of piperidine rings is 1. The minimum Gasteiger partial charge on any atom is -0.465 e. The molecule has 1 aliphatic rings. The number of rotatable bonds is 3. The molecule has 0 radical (unpaired) electrons. The van der Waals surface area contributed by atoms with E-state index in [1.165, 1.54) is 0 Å². The Hall–Kier alpha value is -1.18. The van der Waals surface area contributed by atoms with E-state index in [9.17, 15) is 9.90 Å². The van der Waals surface area contributed by atoms with Gasteiger partial charge >= 0.3 is 6.09 Å². The molecule has 0 spiro atoms. The summed E-state index contributed by atoms with van der Waals surface area (Å²) < 4.78 is 0. The second-order valence-electron chi connectivity index (χ2n) is 4.13. The molecular formula is C10H15N3O3S. The van der Waals surface area contributed by atoms with E-state index in [4.69, 9.17) is 5.11 Å². The molecule has 94 valence electrons. The fraction of sp³-hybridized carbons (Fsp3) is 0.600. The molecule has 0 aliphatic carbocycles. The first-order chi connectivity index (χ1) is 8.15. The number of amides is 1. The predicted molar refractivity (Wildman–Crippen MR) is 63.0 cm³/mol. The molecule has 17 heavy (non-hydrogen) atoms. The number of nitrogens with one attached hydrogen (secondary N) is 1. The van der Waals surface area contributed by atoms with E-state index in [0.717, 1.165) is 12.2 Å². The Morgan fingerprint density at radius 2 is 2.53 bits per heavy atom. The summed E-state index contributed by atoms with van der Waals surface area (Å²) >= 11 is 1.55. The molecule has 0 aromatic carbocycles. The molecule has 2 heterocycles. The molecule has 0 bridgehead atoms. The van der Waals surface area contributed by atoms with Gasteiger partial charge in [-0.3, -0.25) is 4.90 Å². The van der Waals surface area contributed by atoms with E-state index in [2.05, 4.69) is 15.2 Å². The third kappa shape index (κ3) is 3.39. The zero-order chi connectivity index (χ0) is 12.3. The van der Waals surface area contributed by atoms with Gasteiger partial charge in [0.15, 0.2) is 0 Å². The quantitative estimate of drug-likeness (QED) is 0.727. The van der Waals surface area contributed by atoms with Crippen molar-refractivity contribution in [3.63, 3.8) is 0 Å². The van der Waals surface area contributed by atoms with Crippen molar-refractivity contribution in [1.82, 2.24) is 15.2 Å². The third-order valence-electron chi connectivity index (χ3n) is 2.84. The minimum atomic E-state index is -1.08. The summed E-state index contributed by atoms with van der Waals surface area (Å²) in [5, 5.41) is 22.8. The first-order valence-corrected chi connectivity index (χ1v) is 6.36. The van der Waals surface area contributed by atoms with Crippen LogP contribution in [0.5, 0.6) is 0 Å². The van der Waals surface area contributed by atoms with Crippen molar-refractivity contribution in [2.24, 2.45) is 0 Å². The van der Waals surface area contributed by atoms with E-state index in [1.54, 1.807) is 16.8 Å². The number of carbonyl (C=O) groups is 1. The largest absolute Gasteiger partial charge is 0.465 e. The number of β-amino-alcohol motifs (C(OH)–C–C–N with tert-alkyl or cyclic N) is 1. The smallest absolute Gasteiger partial charge is 0.404 e. The standard InChI is InChI=1S/C10H15N3O3S/c14-9-4-13(3-7-5-17-6-11-7)2-1-8(9)12-10(15)16/h5-6,8-9,12,14H,1-4H2,(H,15,16)/t8-,9-/m0/s1. The molecule has 3 N–H and O–H groups in total. The number of thiazole rings is 1. The maximum atomic E-state index is 10.5. The molecule has 6 nitrogen and oxygen atoms in total. The first kappa shape index (κ1) is 12.3. The molecule has 0 saturated carbocycles. The molecule has 2 atom stereocenters. The third-order valence-corrected chi connectivity index (χ3v) is 3.48. The Kier molecular flexibility index (Phi) is 3.93. The van der Waals surface area contributed by atoms with Crippen LogP contribution in [0, 0.1) is 0 Å². The molecule has 1 saturated heterocycles. The Labute approximate surface area is 103 Å². The van der Waals surface area contributed by atoms with Crippen LogP contribution < -0.4 is 5.32 Å². The van der Waals surface area contributed by atoms with E-state index < -0.39 is 12.2 Å². The van der Waals surface area contributed by atoms with Crippen LogP contribution in [0.15, 0.2) is 10.9 Å². The summed E-state index contributed by atoms with van der Waals surface area (Å²) in [6.07, 6.45) is -1.11. The maximum absolute atomic E-state index is 10.5. The van der Waals surface area contributed by atoms with Crippen molar-refractivity contribution in [1.29, 1.82) is 0 Å². The van der Waals surface area contributed by atoms with Gasteiger partial charge in [0.2, 0.25) is 0 Å². The molecule has 1 aliphatic heterocycles. The molecule has 7 heteroatoms. The lowest BCUT2D eigenvalue weighted by Gasteiger charge is -2.35. The average Bonchev–Trinajstić information content (AvgIpc) is 2.74. The van der Waals surface area contributed by atoms with Crippen LogP contribution in [-0.2, 0) is 6.54 Å². The summed E-state index contributed by atoms with van der Waals surface area (Å²) in [6.45, 7) is 1.95. The SMILES string of the molecule is O=C(O)N[C@H]1CCN(Cc2cscn2)C[C@@H]1O. The van der Waals surface area contributed by atoms with E-state index in [-0.39, 0.29) is 6.04 Å². The summed E-state index contributed by atoms with van der Waals surface area (Å²) in [7, 11) is 0. The highest BCUT2D eigenvalue weighted by molar-refractivity contribution is 7.07. The van der Waals surface area contributed by atoms with E-state index in [0.29, 0.717) is 19.5 Å². The Bertz CT molecular complexity index is 371. The van der Waals surface area contributed by atoms with Crippen molar-refractivity contribution >= 4 is 17.4 Å². The zero-order valence-corrected chi connectivity index (χ0v) is 10.1. The van der Waals surface area contributed by atoms with Crippen molar-refractivity contribution in [3.8, 4) is 0 Å². The molecule has 0 unspecified atom stereocenters. The van der Waals surface area contributed by atoms with Gasteiger partial charge in [0.05, 0.1) is 23.4 Å². The monoisotopic (exact) mass is 257 g/mol. The van der Waals surface area contributed by atoms with Crippen LogP contribution >= 0.6 is 11.3 Å². The molecule has 1 amide bonds. The number of nitrogens with zero attached hydrogens (tertiary/aromatic N) is 2. The number of carboxylic acid groups (broad SMARTS) is 1. The number of aliphatic hydroxyl groups is 1. The molecule has 1 aromatic rings. The lowest BCUT2D eigenvalue weighted by atomic mass is 10.0. The topological polar surface area (TPSA) is 85.7 Å². The van der Waals surface area contributed by atoms with Gasteiger partial charge in [-0.15, -0.1) is 11.3 Å². The van der Waals surface area contributed by atoms with Crippen molar-refractivity contribution in [2.75, 3.05) is 13.1 Å². The van der Waals surface area contributed by atoms with Gasteiger partial charge in [0, 0.05) is 25.0 Å². The highest BCUT2D eigenvalue weighted by Gasteiger charge is 2.28. The Balaban J connectivity index is 1.84. The second-order valence-corrected chi connectivity index (χ2v) is 4.85. The van der Waals surface area contributed by atoms with Crippen molar-refractivity contribution < 1.29 is 15.0 Å². The number of aliphatic hydroxyl groups excluding tert-OH is 1. The van der Waals surface area contributed by atoms with Gasteiger partial charge in [-0.05, 0) is 6.42 Å². The lowest BCUT2D eigenvalue weighted by Crippen LogP contribution is -2.53. The predicted octanol–water partition coefficient (Wildman–Crippen LogP) is 0.346. The van der Waals surface area contributed by atoms with Gasteiger partial charge in [-0.1, -0.05) is 0 Å². The molecule has 1 fully saturated rings. The fourth-order valence-corrected chi connectivity index (χ4v) is 2.56. The van der Waals surface area contributed by atoms with Crippen LogP contribution in [0.2, 0.25) is 0 Å². The average molecular weight is 257 g/mol.